The van der Waals surface area contributed by atoms with E-state index in [-0.39, 0.29) is 13.2 Å². The number of esters is 3. The van der Waals surface area contributed by atoms with Crippen LogP contribution in [-0.2, 0) is 70.2 Å². The third kappa shape index (κ3) is 9.32. The first-order valence-electron chi connectivity index (χ1n) is 14.9. The van der Waals surface area contributed by atoms with Crippen LogP contribution < -0.4 is 0 Å². The number of methoxy groups -OCH3 is 1. The Morgan fingerprint density at radius 1 is 0.578 bits per heavy atom. The molecule has 0 amide bonds. The molecule has 0 saturated carbocycles. The molecule has 45 heavy (non-hydrogen) atoms. The molecule has 2 fully saturated rings. The quantitative estimate of drug-likeness (QED) is 0.251. The molecule has 0 radical (unpaired) electrons. The minimum Gasteiger partial charge on any atom is -0.456 e. The molecule has 2 aromatic rings. The zero-order valence-corrected chi connectivity index (χ0v) is 26.4. The van der Waals surface area contributed by atoms with Crippen molar-refractivity contribution in [3.63, 3.8) is 0 Å². The lowest BCUT2D eigenvalue weighted by molar-refractivity contribution is -0.362. The number of rotatable bonds is 12. The minimum absolute atomic E-state index is 0.203. The third-order valence-corrected chi connectivity index (χ3v) is 7.45. The summed E-state index contributed by atoms with van der Waals surface area (Å²) in [4.78, 5) is 36.5. The first-order chi connectivity index (χ1) is 21.6. The molecule has 0 unspecified atom stereocenters. The van der Waals surface area contributed by atoms with E-state index in [1.807, 2.05) is 67.6 Å². The Hall–Kier alpha value is -3.39. The Morgan fingerprint density at radius 2 is 1.02 bits per heavy atom. The van der Waals surface area contributed by atoms with Gasteiger partial charge in [-0.25, -0.2) is 0 Å². The van der Waals surface area contributed by atoms with E-state index in [2.05, 4.69) is 0 Å². The Kier molecular flexibility index (Phi) is 12.5. The van der Waals surface area contributed by atoms with Gasteiger partial charge in [-0.2, -0.15) is 0 Å². The second-order valence-corrected chi connectivity index (χ2v) is 11.0. The summed E-state index contributed by atoms with van der Waals surface area (Å²) in [6, 6.07) is 19.2. The second-order valence-electron chi connectivity index (χ2n) is 11.0. The molecular formula is C33H42O12. The van der Waals surface area contributed by atoms with Gasteiger partial charge < -0.3 is 42.6 Å². The molecule has 12 nitrogen and oxygen atoms in total. The van der Waals surface area contributed by atoms with Crippen LogP contribution in [0.25, 0.3) is 0 Å². The van der Waals surface area contributed by atoms with Gasteiger partial charge >= 0.3 is 17.9 Å². The highest BCUT2D eigenvalue weighted by Gasteiger charge is 2.55. The summed E-state index contributed by atoms with van der Waals surface area (Å²) in [5.74, 6) is -1.98. The van der Waals surface area contributed by atoms with Gasteiger partial charge in [0.15, 0.2) is 30.9 Å². The van der Waals surface area contributed by atoms with Crippen LogP contribution in [0.15, 0.2) is 60.7 Å². The summed E-state index contributed by atoms with van der Waals surface area (Å²) in [7, 11) is 1.50. The van der Waals surface area contributed by atoms with Gasteiger partial charge in [-0.05, 0) is 25.0 Å². The van der Waals surface area contributed by atoms with Crippen LogP contribution in [0.4, 0.5) is 0 Å². The minimum atomic E-state index is -1.31. The summed E-state index contributed by atoms with van der Waals surface area (Å²) in [6.07, 6.45) is -9.59. The predicted molar refractivity (Wildman–Crippen MR) is 157 cm³/mol. The summed E-state index contributed by atoms with van der Waals surface area (Å²) in [5.41, 5.74) is 1.84. The van der Waals surface area contributed by atoms with Gasteiger partial charge in [0.2, 0.25) is 0 Å². The summed E-state index contributed by atoms with van der Waals surface area (Å²) in [6.45, 7) is 7.54. The van der Waals surface area contributed by atoms with Gasteiger partial charge in [-0.15, -0.1) is 0 Å². The Bertz CT molecular complexity index is 1240. The van der Waals surface area contributed by atoms with Crippen molar-refractivity contribution in [3.05, 3.63) is 71.8 Å². The summed E-state index contributed by atoms with van der Waals surface area (Å²) < 4.78 is 54.2. The highest BCUT2D eigenvalue weighted by atomic mass is 16.8. The van der Waals surface area contributed by atoms with Gasteiger partial charge in [-0.1, -0.05) is 60.7 Å². The maximum atomic E-state index is 12.3. The van der Waals surface area contributed by atoms with E-state index in [1.165, 1.54) is 27.9 Å². The molecule has 12 heteroatoms. The fourth-order valence-electron chi connectivity index (χ4n) is 5.49. The van der Waals surface area contributed by atoms with E-state index in [0.29, 0.717) is 0 Å². The molecule has 2 saturated heterocycles. The first kappa shape index (κ1) is 34.5. The van der Waals surface area contributed by atoms with Crippen LogP contribution in [0.1, 0.15) is 45.7 Å². The lowest BCUT2D eigenvalue weighted by Gasteiger charge is -2.48. The van der Waals surface area contributed by atoms with Crippen LogP contribution in [0.5, 0.6) is 0 Å². The van der Waals surface area contributed by atoms with E-state index in [4.69, 9.17) is 42.6 Å². The standard InChI is InChI=1S/C33H42O12/c1-19-26(38-17-24-13-9-7-10-14-24)28(30(32(37-6)40-19)39-18-25-15-11-8-12-16-25)45-33-31(44-23(5)36)29(43-22(4)35)27(20(2)41-33)42-21(3)34/h7-16,19-20,26-33H,17-18H2,1-6H3/t19-,20+,26-,27+,28+,29-,30-,31-,32+,33+/m1/s1. The zero-order valence-electron chi connectivity index (χ0n) is 26.4. The molecule has 2 aromatic carbocycles. The van der Waals surface area contributed by atoms with Crippen LogP contribution in [0.2, 0.25) is 0 Å². The Morgan fingerprint density at radius 3 is 1.53 bits per heavy atom. The van der Waals surface area contributed by atoms with E-state index >= 15 is 0 Å². The number of carbonyl (C=O) groups is 3. The normalized spacial score (nSPS) is 31.5. The lowest BCUT2D eigenvalue weighted by atomic mass is 9.96. The smallest absolute Gasteiger partial charge is 0.303 e. The zero-order chi connectivity index (χ0) is 32.5. The van der Waals surface area contributed by atoms with E-state index in [0.717, 1.165) is 11.1 Å². The molecular weight excluding hydrogens is 588 g/mol. The Balaban J connectivity index is 1.70. The highest BCUT2D eigenvalue weighted by molar-refractivity contribution is 5.68. The average Bonchev–Trinajstić information content (AvgIpc) is 3.00. The topological polar surface area (TPSA) is 134 Å². The van der Waals surface area contributed by atoms with Gasteiger partial charge in [0, 0.05) is 27.9 Å². The van der Waals surface area contributed by atoms with Crippen LogP contribution in [0, 0.1) is 0 Å². The maximum Gasteiger partial charge on any atom is 0.303 e. The number of hydrogen-bond acceptors (Lipinski definition) is 12. The number of benzene rings is 2. The lowest BCUT2D eigenvalue weighted by Crippen LogP contribution is -2.65. The third-order valence-electron chi connectivity index (χ3n) is 7.45. The van der Waals surface area contributed by atoms with Crippen molar-refractivity contribution in [2.75, 3.05) is 7.11 Å². The number of ether oxygens (including phenoxy) is 9. The van der Waals surface area contributed by atoms with E-state index < -0.39 is 79.3 Å². The largest absolute Gasteiger partial charge is 0.456 e. The van der Waals surface area contributed by atoms with Crippen molar-refractivity contribution < 1.29 is 57.0 Å². The molecule has 10 atom stereocenters. The van der Waals surface area contributed by atoms with Crippen LogP contribution in [0.3, 0.4) is 0 Å². The predicted octanol–water partition coefficient (Wildman–Crippen LogP) is 3.47. The van der Waals surface area contributed by atoms with Crippen molar-refractivity contribution in [1.82, 2.24) is 0 Å². The Labute approximate surface area is 263 Å². The molecule has 246 valence electrons. The van der Waals surface area contributed by atoms with Gasteiger partial charge in [-0.3, -0.25) is 14.4 Å². The average molecular weight is 631 g/mol. The van der Waals surface area contributed by atoms with Crippen LogP contribution >= 0.6 is 0 Å². The van der Waals surface area contributed by atoms with Crippen molar-refractivity contribution in [2.24, 2.45) is 0 Å². The van der Waals surface area contributed by atoms with Gasteiger partial charge in [0.1, 0.15) is 18.3 Å². The molecule has 2 heterocycles. The molecule has 2 aliphatic heterocycles. The van der Waals surface area contributed by atoms with Gasteiger partial charge in [0.25, 0.3) is 0 Å². The summed E-state index contributed by atoms with van der Waals surface area (Å²) in [5, 5.41) is 0. The molecule has 0 aliphatic carbocycles. The van der Waals surface area contributed by atoms with Crippen molar-refractivity contribution in [1.29, 1.82) is 0 Å². The second kappa shape index (κ2) is 16.3. The first-order valence-corrected chi connectivity index (χ1v) is 14.9. The van der Waals surface area contributed by atoms with Crippen LogP contribution in [-0.4, -0.2) is 86.4 Å². The fraction of sp³-hybridized carbons (Fsp3) is 0.545. The van der Waals surface area contributed by atoms with E-state index in [9.17, 15) is 14.4 Å². The number of carbonyl (C=O) groups excluding carboxylic acids is 3. The maximum absolute atomic E-state index is 12.3. The van der Waals surface area contributed by atoms with Crippen molar-refractivity contribution in [2.45, 2.75) is 109 Å². The summed E-state index contributed by atoms with van der Waals surface area (Å²) >= 11 is 0. The van der Waals surface area contributed by atoms with E-state index in [1.54, 1.807) is 6.92 Å². The molecule has 0 N–H and O–H groups in total. The van der Waals surface area contributed by atoms with Crippen molar-refractivity contribution in [3.8, 4) is 0 Å². The number of hydrogen-bond donors (Lipinski definition) is 0. The molecule has 4 rings (SSSR count). The molecule has 0 aromatic heterocycles. The monoisotopic (exact) mass is 630 g/mol. The molecule has 0 bridgehead atoms. The molecule has 2 aliphatic rings. The fourth-order valence-corrected chi connectivity index (χ4v) is 5.49. The molecule has 0 spiro atoms. The SMILES string of the molecule is CO[C@H]1O[C@H](C)[C@@H](OCc2ccccc2)[C@H](O[C@@H]2O[C@@H](C)[C@H](OC(C)=O)[C@@H](OC(C)=O)[C@H]2OC(C)=O)[C@H]1OCc1ccccc1. The van der Waals surface area contributed by atoms with Gasteiger partial charge in [0.05, 0.1) is 25.4 Å². The highest BCUT2D eigenvalue weighted by Crippen LogP contribution is 2.35. The van der Waals surface area contributed by atoms with Crippen molar-refractivity contribution >= 4 is 17.9 Å².